The van der Waals surface area contributed by atoms with Gasteiger partial charge in [0.05, 0.1) is 12.2 Å². The molecule has 3 heterocycles. The molecule has 0 aliphatic carbocycles. The minimum absolute atomic E-state index is 0.000639. The van der Waals surface area contributed by atoms with E-state index >= 15 is 0 Å². The van der Waals surface area contributed by atoms with Crippen LogP contribution in [-0.4, -0.2) is 50.6 Å². The summed E-state index contributed by atoms with van der Waals surface area (Å²) in [5, 5.41) is 10.1. The van der Waals surface area contributed by atoms with Crippen molar-refractivity contribution in [1.29, 1.82) is 0 Å². The van der Waals surface area contributed by atoms with E-state index in [0.29, 0.717) is 24.7 Å². The summed E-state index contributed by atoms with van der Waals surface area (Å²) in [6, 6.07) is 7.29. The van der Waals surface area contributed by atoms with E-state index < -0.39 is 0 Å². The molecule has 29 heavy (non-hydrogen) atoms. The van der Waals surface area contributed by atoms with Gasteiger partial charge in [0.15, 0.2) is 0 Å². The van der Waals surface area contributed by atoms with Crippen molar-refractivity contribution in [3.05, 3.63) is 36.2 Å². The maximum Gasteiger partial charge on any atom is 0.242 e. The molecule has 2 amide bonds. The van der Waals surface area contributed by atoms with Crippen molar-refractivity contribution >= 4 is 23.5 Å². The highest BCUT2D eigenvalue weighted by molar-refractivity contribution is 5.94. The molecule has 0 saturated carbocycles. The number of rotatable bonds is 6. The minimum Gasteiger partial charge on any atom is -0.310 e. The lowest BCUT2D eigenvalue weighted by Gasteiger charge is -2.34. The number of amides is 2. The van der Waals surface area contributed by atoms with Crippen LogP contribution < -0.4 is 10.6 Å². The Morgan fingerprint density at radius 2 is 1.83 bits per heavy atom. The maximum atomic E-state index is 12.7. The van der Waals surface area contributed by atoms with Gasteiger partial charge in [-0.3, -0.25) is 14.5 Å². The number of hydrogen-bond acceptors (Lipinski definition) is 5. The van der Waals surface area contributed by atoms with Gasteiger partial charge in [0.1, 0.15) is 11.6 Å². The van der Waals surface area contributed by atoms with Crippen LogP contribution in [0.25, 0.3) is 0 Å². The van der Waals surface area contributed by atoms with E-state index in [1.54, 1.807) is 23.0 Å². The highest BCUT2D eigenvalue weighted by atomic mass is 16.2. The minimum atomic E-state index is -0.270. The van der Waals surface area contributed by atoms with E-state index in [0.717, 1.165) is 18.5 Å². The number of pyridine rings is 1. The first-order valence-electron chi connectivity index (χ1n) is 10.2. The number of piperidine rings is 1. The summed E-state index contributed by atoms with van der Waals surface area (Å²) in [5.41, 5.74) is 0.872. The Hall–Kier alpha value is -2.74. The number of anilines is 2. The maximum absolute atomic E-state index is 12.7. The second kappa shape index (κ2) is 9.17. The lowest BCUT2D eigenvalue weighted by molar-refractivity contribution is -0.123. The number of carbonyl (C=O) groups is 2. The summed E-state index contributed by atoms with van der Waals surface area (Å²) < 4.78 is 1.79. The molecule has 0 unspecified atom stereocenters. The Morgan fingerprint density at radius 1 is 1.10 bits per heavy atom. The third-order valence-corrected chi connectivity index (χ3v) is 5.38. The van der Waals surface area contributed by atoms with Gasteiger partial charge >= 0.3 is 0 Å². The van der Waals surface area contributed by atoms with Gasteiger partial charge < -0.3 is 10.6 Å². The first kappa shape index (κ1) is 21.0. The zero-order valence-corrected chi connectivity index (χ0v) is 17.6. The standard InChI is InChI=1S/C21H30N6O2/c1-14(2)27-19(8-11-22-27)25-20(28)16(4)26-12-9-17(10-13-26)21(29)24-18-7-5-6-15(3)23-18/h5-8,11,14,16-17H,9-10,12-13H2,1-4H3,(H,25,28)(H,23,24,29)/t16-/m0/s1. The van der Waals surface area contributed by atoms with Crippen LogP contribution in [0.2, 0.25) is 0 Å². The third-order valence-electron chi connectivity index (χ3n) is 5.38. The molecule has 8 nitrogen and oxygen atoms in total. The van der Waals surface area contributed by atoms with Gasteiger partial charge in [0, 0.05) is 23.7 Å². The second-order valence-corrected chi connectivity index (χ2v) is 7.88. The van der Waals surface area contributed by atoms with Crippen LogP contribution in [0.15, 0.2) is 30.5 Å². The molecule has 1 fully saturated rings. The van der Waals surface area contributed by atoms with E-state index in [2.05, 4.69) is 25.6 Å². The van der Waals surface area contributed by atoms with Crippen molar-refractivity contribution in [3.8, 4) is 0 Å². The first-order valence-corrected chi connectivity index (χ1v) is 10.2. The van der Waals surface area contributed by atoms with E-state index in [1.807, 2.05) is 39.8 Å². The summed E-state index contributed by atoms with van der Waals surface area (Å²) in [5.74, 6) is 1.18. The summed E-state index contributed by atoms with van der Waals surface area (Å²) in [6.07, 6.45) is 3.13. The Kier molecular flexibility index (Phi) is 6.64. The predicted molar refractivity (Wildman–Crippen MR) is 113 cm³/mol. The third kappa shape index (κ3) is 5.20. The van der Waals surface area contributed by atoms with Gasteiger partial charge in [-0.2, -0.15) is 5.10 Å². The number of aryl methyl sites for hydroxylation is 1. The number of nitrogens with one attached hydrogen (secondary N) is 2. The Bertz CT molecular complexity index is 854. The molecule has 3 rings (SSSR count). The van der Waals surface area contributed by atoms with E-state index in [4.69, 9.17) is 0 Å². The molecule has 156 valence electrons. The van der Waals surface area contributed by atoms with Crippen LogP contribution >= 0.6 is 0 Å². The smallest absolute Gasteiger partial charge is 0.242 e. The second-order valence-electron chi connectivity index (χ2n) is 7.88. The molecule has 1 aliphatic rings. The molecule has 0 spiro atoms. The SMILES string of the molecule is Cc1cccc(NC(=O)C2CCN([C@@H](C)C(=O)Nc3ccnn3C(C)C)CC2)n1. The topological polar surface area (TPSA) is 92.2 Å². The zero-order chi connectivity index (χ0) is 21.0. The van der Waals surface area contributed by atoms with Crippen LogP contribution in [0.3, 0.4) is 0 Å². The average molecular weight is 399 g/mol. The molecule has 1 saturated heterocycles. The monoisotopic (exact) mass is 398 g/mol. The summed E-state index contributed by atoms with van der Waals surface area (Å²) in [7, 11) is 0. The normalized spacial score (nSPS) is 16.6. The van der Waals surface area contributed by atoms with Crippen molar-refractivity contribution in [2.75, 3.05) is 23.7 Å². The summed E-state index contributed by atoms with van der Waals surface area (Å²) in [6.45, 7) is 9.26. The van der Waals surface area contributed by atoms with Gasteiger partial charge in [0.2, 0.25) is 11.8 Å². The molecule has 8 heteroatoms. The lowest BCUT2D eigenvalue weighted by atomic mass is 9.95. The van der Waals surface area contributed by atoms with Crippen LogP contribution in [0.4, 0.5) is 11.6 Å². The number of nitrogens with zero attached hydrogens (tertiary/aromatic N) is 4. The number of likely N-dealkylation sites (tertiary alicyclic amines) is 1. The molecule has 1 atom stereocenters. The number of hydrogen-bond donors (Lipinski definition) is 2. The lowest BCUT2D eigenvalue weighted by Crippen LogP contribution is -2.47. The average Bonchev–Trinajstić information content (AvgIpc) is 3.16. The highest BCUT2D eigenvalue weighted by Crippen LogP contribution is 2.22. The van der Waals surface area contributed by atoms with Crippen molar-refractivity contribution in [2.45, 2.75) is 52.6 Å². The van der Waals surface area contributed by atoms with Crippen LogP contribution in [-0.2, 0) is 9.59 Å². The fraction of sp³-hybridized carbons (Fsp3) is 0.524. The molecule has 2 aromatic rings. The van der Waals surface area contributed by atoms with Gasteiger partial charge in [-0.05, 0) is 65.8 Å². The van der Waals surface area contributed by atoms with Crippen molar-refractivity contribution < 1.29 is 9.59 Å². The molecule has 2 aromatic heterocycles. The summed E-state index contributed by atoms with van der Waals surface area (Å²) in [4.78, 5) is 31.7. The number of aromatic nitrogens is 3. The van der Waals surface area contributed by atoms with Crippen molar-refractivity contribution in [2.24, 2.45) is 5.92 Å². The van der Waals surface area contributed by atoms with Gasteiger partial charge in [-0.1, -0.05) is 6.07 Å². The molecule has 1 aliphatic heterocycles. The van der Waals surface area contributed by atoms with Gasteiger partial charge in [0.25, 0.3) is 0 Å². The fourth-order valence-corrected chi connectivity index (χ4v) is 3.61. The Morgan fingerprint density at radius 3 is 2.48 bits per heavy atom. The highest BCUT2D eigenvalue weighted by Gasteiger charge is 2.30. The molecule has 0 radical (unpaired) electrons. The fourth-order valence-electron chi connectivity index (χ4n) is 3.61. The van der Waals surface area contributed by atoms with Crippen molar-refractivity contribution in [3.63, 3.8) is 0 Å². The first-order chi connectivity index (χ1) is 13.8. The van der Waals surface area contributed by atoms with Crippen LogP contribution in [0, 0.1) is 12.8 Å². The van der Waals surface area contributed by atoms with E-state index in [9.17, 15) is 9.59 Å². The Balaban J connectivity index is 1.51. The number of carbonyl (C=O) groups excluding carboxylic acids is 2. The Labute approximate surface area is 171 Å². The predicted octanol–water partition coefficient (Wildman–Crippen LogP) is 2.85. The molecule has 0 bridgehead atoms. The molecular weight excluding hydrogens is 368 g/mol. The van der Waals surface area contributed by atoms with E-state index in [1.165, 1.54) is 0 Å². The van der Waals surface area contributed by atoms with Crippen molar-refractivity contribution in [1.82, 2.24) is 19.7 Å². The van der Waals surface area contributed by atoms with Crippen LogP contribution in [0.5, 0.6) is 0 Å². The van der Waals surface area contributed by atoms with Gasteiger partial charge in [-0.25, -0.2) is 9.67 Å². The molecular formula is C21H30N6O2. The molecule has 0 aromatic carbocycles. The molecule has 2 N–H and O–H groups in total. The van der Waals surface area contributed by atoms with Gasteiger partial charge in [-0.15, -0.1) is 0 Å². The van der Waals surface area contributed by atoms with Crippen LogP contribution in [0.1, 0.15) is 45.3 Å². The zero-order valence-electron chi connectivity index (χ0n) is 17.6. The quantitative estimate of drug-likeness (QED) is 0.781. The summed E-state index contributed by atoms with van der Waals surface area (Å²) >= 11 is 0. The van der Waals surface area contributed by atoms with E-state index in [-0.39, 0.29) is 29.8 Å². The largest absolute Gasteiger partial charge is 0.310 e.